The minimum Gasteiger partial charge on any atom is -0.466 e. The zero-order valence-corrected chi connectivity index (χ0v) is 14.6. The van der Waals surface area contributed by atoms with Crippen LogP contribution in [0, 0.1) is 6.92 Å². The van der Waals surface area contributed by atoms with Crippen molar-refractivity contribution in [1.82, 2.24) is 14.4 Å². The van der Waals surface area contributed by atoms with Gasteiger partial charge in [0, 0.05) is 20.2 Å². The van der Waals surface area contributed by atoms with Crippen molar-refractivity contribution < 1.29 is 23.7 Å². The number of rotatable bonds is 5. The number of aliphatic imine (C=N–C) groups is 1. The number of imidazole rings is 1. The molecule has 2 aromatic rings. The number of aliphatic hydroxyl groups excluding tert-OH is 1. The maximum absolute atomic E-state index is 12.9. The number of imide groups is 1. The standard InChI is InChI=1S/C17H20N5O4/c1-11-9-22-13-14(18-16(22)21(11)10-12-5-3-8-26-12)19(2)17(25)20(15(13)24)6-4-7-23/h3,5,8-9,13,23H,4,6-7,10H2,1-2H3/q+1. The Morgan fingerprint density at radius 2 is 2.19 bits per heavy atom. The molecule has 0 aliphatic carbocycles. The van der Waals surface area contributed by atoms with E-state index in [4.69, 9.17) is 9.52 Å². The smallest absolute Gasteiger partial charge is 0.402 e. The molecule has 1 unspecified atom stereocenters. The number of aromatic nitrogens is 2. The third kappa shape index (κ3) is 2.35. The Balaban J connectivity index is 1.73. The summed E-state index contributed by atoms with van der Waals surface area (Å²) in [5.74, 6) is 1.49. The van der Waals surface area contributed by atoms with E-state index < -0.39 is 12.1 Å². The van der Waals surface area contributed by atoms with Crippen molar-refractivity contribution in [2.24, 2.45) is 4.99 Å². The molecule has 2 aromatic heterocycles. The van der Waals surface area contributed by atoms with E-state index in [9.17, 15) is 9.59 Å². The minimum absolute atomic E-state index is 0.0799. The Morgan fingerprint density at radius 1 is 1.38 bits per heavy atom. The summed E-state index contributed by atoms with van der Waals surface area (Å²) in [6.07, 6.45) is 3.83. The Kier molecular flexibility index (Phi) is 3.87. The van der Waals surface area contributed by atoms with E-state index in [1.165, 1.54) is 9.80 Å². The molecule has 0 spiro atoms. The van der Waals surface area contributed by atoms with Gasteiger partial charge in [0.05, 0.1) is 6.26 Å². The zero-order valence-electron chi connectivity index (χ0n) is 14.6. The quantitative estimate of drug-likeness (QED) is 0.791. The van der Waals surface area contributed by atoms with Gasteiger partial charge in [-0.3, -0.25) is 14.6 Å². The van der Waals surface area contributed by atoms with E-state index in [1.807, 2.05) is 29.8 Å². The number of carbonyl (C=O) groups excluding carboxylic acids is 2. The molecular weight excluding hydrogens is 338 g/mol. The van der Waals surface area contributed by atoms with Gasteiger partial charge >= 0.3 is 12.0 Å². The number of aliphatic hydroxyl groups is 1. The monoisotopic (exact) mass is 358 g/mol. The first kappa shape index (κ1) is 16.5. The van der Waals surface area contributed by atoms with Crippen LogP contribution in [0.1, 0.15) is 23.9 Å². The lowest BCUT2D eigenvalue weighted by atomic mass is 10.1. The Bertz CT molecular complexity index is 899. The van der Waals surface area contributed by atoms with Gasteiger partial charge in [-0.25, -0.2) is 13.9 Å². The summed E-state index contributed by atoms with van der Waals surface area (Å²) >= 11 is 0. The molecule has 9 nitrogen and oxygen atoms in total. The molecular formula is C17H20N5O4+. The van der Waals surface area contributed by atoms with E-state index in [-0.39, 0.29) is 19.1 Å². The maximum atomic E-state index is 12.9. The molecule has 136 valence electrons. The molecule has 1 atom stereocenters. The highest BCUT2D eigenvalue weighted by atomic mass is 16.3. The lowest BCUT2D eigenvalue weighted by Gasteiger charge is -2.32. The molecule has 0 aromatic carbocycles. The molecule has 3 amide bonds. The first-order valence-corrected chi connectivity index (χ1v) is 8.45. The van der Waals surface area contributed by atoms with Gasteiger partial charge in [-0.05, 0) is 25.5 Å². The predicted molar refractivity (Wildman–Crippen MR) is 89.9 cm³/mol. The largest absolute Gasteiger partial charge is 0.466 e. The summed E-state index contributed by atoms with van der Waals surface area (Å²) in [7, 11) is 1.61. The van der Waals surface area contributed by atoms with Crippen LogP contribution in [-0.4, -0.2) is 57.4 Å². The summed E-state index contributed by atoms with van der Waals surface area (Å²) in [5.41, 5.74) is 0.938. The van der Waals surface area contributed by atoms with Gasteiger partial charge in [0.25, 0.3) is 5.91 Å². The van der Waals surface area contributed by atoms with Gasteiger partial charge in [0.1, 0.15) is 24.2 Å². The first-order valence-electron chi connectivity index (χ1n) is 8.45. The van der Waals surface area contributed by atoms with Gasteiger partial charge < -0.3 is 9.52 Å². The number of fused-ring (bicyclic) bond motifs is 3. The van der Waals surface area contributed by atoms with E-state index in [0.29, 0.717) is 24.7 Å². The van der Waals surface area contributed by atoms with Gasteiger partial charge in [-0.1, -0.05) is 4.99 Å². The third-order valence-electron chi connectivity index (χ3n) is 4.76. The van der Waals surface area contributed by atoms with Crippen LogP contribution in [0.25, 0.3) is 0 Å². The average Bonchev–Trinajstić information content (AvgIpc) is 3.31. The van der Waals surface area contributed by atoms with E-state index in [0.717, 1.165) is 11.5 Å². The van der Waals surface area contributed by atoms with Crippen molar-refractivity contribution in [3.63, 3.8) is 0 Å². The number of hydrogen-bond donors (Lipinski definition) is 1. The lowest BCUT2D eigenvalue weighted by Crippen LogP contribution is -2.62. The van der Waals surface area contributed by atoms with Crippen LogP contribution in [0.5, 0.6) is 0 Å². The third-order valence-corrected chi connectivity index (χ3v) is 4.76. The molecule has 2 aliphatic heterocycles. The highest BCUT2D eigenvalue weighted by molar-refractivity contribution is 6.19. The summed E-state index contributed by atoms with van der Waals surface area (Å²) in [4.78, 5) is 32.6. The van der Waals surface area contributed by atoms with Crippen LogP contribution >= 0.6 is 0 Å². The fourth-order valence-corrected chi connectivity index (χ4v) is 3.42. The Morgan fingerprint density at radius 3 is 2.88 bits per heavy atom. The fraction of sp³-hybridized carbons (Fsp3) is 0.412. The lowest BCUT2D eigenvalue weighted by molar-refractivity contribution is -0.677. The van der Waals surface area contributed by atoms with E-state index in [1.54, 1.807) is 17.9 Å². The van der Waals surface area contributed by atoms with Gasteiger partial charge in [-0.15, -0.1) is 0 Å². The molecule has 0 radical (unpaired) electrons. The van der Waals surface area contributed by atoms with Crippen LogP contribution in [0.4, 0.5) is 10.7 Å². The molecule has 0 bridgehead atoms. The number of carbonyl (C=O) groups is 2. The molecule has 0 saturated carbocycles. The number of hydrogen-bond acceptors (Lipinski definition) is 5. The fourth-order valence-electron chi connectivity index (χ4n) is 3.42. The van der Waals surface area contributed by atoms with Crippen LogP contribution in [0.3, 0.4) is 0 Å². The van der Waals surface area contributed by atoms with Crippen LogP contribution < -0.4 is 4.57 Å². The van der Waals surface area contributed by atoms with E-state index >= 15 is 0 Å². The van der Waals surface area contributed by atoms with Crippen LogP contribution in [-0.2, 0) is 11.3 Å². The van der Waals surface area contributed by atoms with Gasteiger partial charge in [0.15, 0.2) is 0 Å². The summed E-state index contributed by atoms with van der Waals surface area (Å²) < 4.78 is 9.17. The normalized spacial score (nSPS) is 19.0. The summed E-state index contributed by atoms with van der Waals surface area (Å²) in [5, 5.41) is 9.04. The number of urea groups is 1. The van der Waals surface area contributed by atoms with Crippen molar-refractivity contribution in [2.45, 2.75) is 25.9 Å². The topological polar surface area (TPSA) is 95.2 Å². The van der Waals surface area contributed by atoms with E-state index in [2.05, 4.69) is 4.99 Å². The molecule has 26 heavy (non-hydrogen) atoms. The number of amidine groups is 1. The van der Waals surface area contributed by atoms with Gasteiger partial charge in [-0.2, -0.15) is 0 Å². The SMILES string of the molecule is Cc1c[n+]2c(n1Cc1ccco1)N=C1C2C(=O)N(CCCO)C(=O)N1C. The highest BCUT2D eigenvalue weighted by Crippen LogP contribution is 2.29. The molecule has 1 N–H and O–H groups in total. The highest BCUT2D eigenvalue weighted by Gasteiger charge is 2.52. The Hall–Kier alpha value is -2.94. The molecule has 1 fully saturated rings. The number of furan rings is 1. The predicted octanol–water partition coefficient (Wildman–Crippen LogP) is 0.586. The molecule has 4 heterocycles. The molecule has 4 rings (SSSR count). The van der Waals surface area contributed by atoms with Crippen molar-refractivity contribution in [3.8, 4) is 0 Å². The summed E-state index contributed by atoms with van der Waals surface area (Å²) in [6.45, 7) is 2.54. The zero-order chi connectivity index (χ0) is 18.4. The number of amides is 3. The van der Waals surface area contributed by atoms with Crippen molar-refractivity contribution in [1.29, 1.82) is 0 Å². The number of likely N-dealkylation sites (N-methyl/N-ethyl adjacent to an activating group) is 1. The number of aryl methyl sites for hydroxylation is 1. The Labute approximate surface area is 149 Å². The molecule has 1 saturated heterocycles. The van der Waals surface area contributed by atoms with Crippen molar-refractivity contribution >= 4 is 23.7 Å². The summed E-state index contributed by atoms with van der Waals surface area (Å²) in [6, 6.07) is 2.62. The molecule has 2 aliphatic rings. The van der Waals surface area contributed by atoms with Crippen LogP contribution in [0.2, 0.25) is 0 Å². The maximum Gasteiger partial charge on any atom is 0.402 e. The number of nitrogens with zero attached hydrogens (tertiary/aromatic N) is 5. The van der Waals surface area contributed by atoms with Crippen LogP contribution in [0.15, 0.2) is 34.0 Å². The molecule has 9 heteroatoms. The second-order valence-corrected chi connectivity index (χ2v) is 6.42. The van der Waals surface area contributed by atoms with Gasteiger partial charge in [0.2, 0.25) is 11.9 Å². The minimum atomic E-state index is -0.664. The average molecular weight is 358 g/mol. The van der Waals surface area contributed by atoms with Crippen molar-refractivity contribution in [2.75, 3.05) is 20.2 Å². The second-order valence-electron chi connectivity index (χ2n) is 6.42. The second kappa shape index (κ2) is 6.10. The first-order chi connectivity index (χ1) is 12.5. The van der Waals surface area contributed by atoms with Crippen molar-refractivity contribution in [3.05, 3.63) is 36.0 Å².